The Morgan fingerprint density at radius 1 is 1.00 bits per heavy atom. The number of aryl methyl sites for hydroxylation is 2. The molecule has 0 spiro atoms. The lowest BCUT2D eigenvalue weighted by atomic mass is 9.62. The van der Waals surface area contributed by atoms with E-state index in [9.17, 15) is 35.1 Å². The van der Waals surface area contributed by atoms with Crippen LogP contribution in [0.15, 0.2) is 69.7 Å². The van der Waals surface area contributed by atoms with E-state index in [-0.39, 0.29) is 57.6 Å². The lowest BCUT2D eigenvalue weighted by Gasteiger charge is -2.51. The summed E-state index contributed by atoms with van der Waals surface area (Å²) in [6.07, 6.45) is 9.30. The Hall–Kier alpha value is -5.96. The van der Waals surface area contributed by atoms with Crippen molar-refractivity contribution in [3.8, 4) is 17.2 Å². The molecule has 5 heterocycles. The first-order chi connectivity index (χ1) is 31.8. The number of rotatable bonds is 7. The van der Waals surface area contributed by atoms with Gasteiger partial charge >= 0.3 is 5.97 Å². The number of fused-ring (bicyclic) bond motifs is 9. The van der Waals surface area contributed by atoms with Crippen LogP contribution < -0.4 is 21.2 Å². The third kappa shape index (κ3) is 6.93. The number of esters is 1. The summed E-state index contributed by atoms with van der Waals surface area (Å²) in [7, 11) is 0. The molecule has 14 heteroatoms. The monoisotopic (exact) mass is 898 g/mol. The molecule has 2 aromatic carbocycles. The van der Waals surface area contributed by atoms with Crippen molar-refractivity contribution in [1.29, 1.82) is 0 Å². The number of nitrogens with zero attached hydrogens (tertiary/aromatic N) is 2. The number of phenols is 2. The molecule has 8 N–H and O–H groups in total. The zero-order valence-corrected chi connectivity index (χ0v) is 37.6. The van der Waals surface area contributed by atoms with Gasteiger partial charge in [-0.15, -0.1) is 0 Å². The fourth-order valence-corrected chi connectivity index (χ4v) is 12.7. The average molecular weight is 899 g/mol. The molecule has 2 aliphatic heterocycles. The number of nitrogens with two attached hydrogens (primary N) is 1. The number of hydrogen-bond acceptors (Lipinski definition) is 14. The highest BCUT2D eigenvalue weighted by Gasteiger charge is 2.57. The van der Waals surface area contributed by atoms with E-state index in [4.69, 9.17) is 29.6 Å². The standard InChI is InChI=1S/C52H58N4O10/c1-4-37(52(63)15-6-7-16-52)50(62)65-40-22-35-46(61)44-39(60)21-30(24-57)64-48(44)45-42-33-14-17-55-49(53)43(33)32(13-9-26-8-11-29(59)20-34(26)36(42)25-58)31-12-10-27-19-41(54-5-2)56-23-28(27)18-38(31)51(40,3)66-47(35)45/h4,8,11,14,17,19-21,23,31-32,36,38,40,42,57-59,61,63H,5-7,9-10,12-13,15-16,18,22,24-25H2,1-3H3,(H2,53,55)(H,54,56). The number of nitrogens with one attached hydrogen (secondary N) is 1. The van der Waals surface area contributed by atoms with Gasteiger partial charge < -0.3 is 50.5 Å². The number of phenolic OH excluding ortho intramolecular Hbond substituents is 2. The molecule has 0 radical (unpaired) electrons. The van der Waals surface area contributed by atoms with Gasteiger partial charge in [0.2, 0.25) is 0 Å². The number of aromatic hydroxyl groups is 2. The Balaban J connectivity index is 1.32. The van der Waals surface area contributed by atoms with E-state index in [0.717, 1.165) is 47.0 Å². The van der Waals surface area contributed by atoms with Crippen molar-refractivity contribution in [2.75, 3.05) is 24.2 Å². The van der Waals surface area contributed by atoms with Crippen LogP contribution in [-0.2, 0) is 41.8 Å². The number of benzene rings is 2. The number of ether oxygens (including phenoxy) is 2. The van der Waals surface area contributed by atoms with Crippen LogP contribution in [0, 0.1) is 11.8 Å². The number of carbonyl (C=O) groups is 1. The first-order valence-corrected chi connectivity index (χ1v) is 23.4. The second-order valence-electron chi connectivity index (χ2n) is 19.2. The molecule has 4 bridgehead atoms. The van der Waals surface area contributed by atoms with Gasteiger partial charge in [-0.1, -0.05) is 25.0 Å². The van der Waals surface area contributed by atoms with Crippen LogP contribution in [0.25, 0.3) is 11.0 Å². The molecule has 346 valence electrons. The van der Waals surface area contributed by atoms with Gasteiger partial charge in [0.15, 0.2) is 5.43 Å². The first-order valence-electron chi connectivity index (χ1n) is 23.4. The third-order valence-corrected chi connectivity index (χ3v) is 15.8. The number of aliphatic hydroxyl groups excluding tert-OH is 2. The van der Waals surface area contributed by atoms with Crippen molar-refractivity contribution in [2.24, 2.45) is 11.8 Å². The molecule has 14 nitrogen and oxygen atoms in total. The highest BCUT2D eigenvalue weighted by Crippen LogP contribution is 2.60. The van der Waals surface area contributed by atoms with Gasteiger partial charge in [0, 0.05) is 65.9 Å². The molecule has 66 heavy (non-hydrogen) atoms. The summed E-state index contributed by atoms with van der Waals surface area (Å²) in [5.41, 5.74) is 9.70. The number of aromatic nitrogens is 2. The number of nitrogen functional groups attached to an aromatic ring is 1. The van der Waals surface area contributed by atoms with Gasteiger partial charge in [0.25, 0.3) is 0 Å². The van der Waals surface area contributed by atoms with E-state index >= 15 is 0 Å². The predicted molar refractivity (Wildman–Crippen MR) is 247 cm³/mol. The van der Waals surface area contributed by atoms with Gasteiger partial charge in [-0.25, -0.2) is 14.8 Å². The maximum atomic E-state index is 14.8. The quantitative estimate of drug-likeness (QED) is 0.0664. The zero-order valence-electron chi connectivity index (χ0n) is 37.6. The molecule has 3 aromatic heterocycles. The second-order valence-corrected chi connectivity index (χ2v) is 19.2. The van der Waals surface area contributed by atoms with E-state index in [1.165, 1.54) is 0 Å². The zero-order chi connectivity index (χ0) is 46.2. The van der Waals surface area contributed by atoms with Crippen molar-refractivity contribution in [2.45, 2.75) is 127 Å². The molecule has 10 rings (SSSR count). The van der Waals surface area contributed by atoms with Gasteiger partial charge in [0.05, 0.1) is 17.8 Å². The largest absolute Gasteiger partial charge is 0.508 e. The number of aliphatic hydroxyl groups is 3. The molecule has 5 aliphatic rings. The van der Waals surface area contributed by atoms with E-state index in [1.54, 1.807) is 31.3 Å². The summed E-state index contributed by atoms with van der Waals surface area (Å²) in [4.78, 5) is 38.6. The number of allylic oxidation sites excluding steroid dienone is 1. The Labute approximate surface area is 382 Å². The Kier molecular flexibility index (Phi) is 11.1. The minimum atomic E-state index is -1.37. The lowest BCUT2D eigenvalue weighted by molar-refractivity contribution is -0.170. The van der Waals surface area contributed by atoms with Crippen LogP contribution in [0.4, 0.5) is 11.6 Å². The van der Waals surface area contributed by atoms with Gasteiger partial charge in [0.1, 0.15) is 63.9 Å². The van der Waals surface area contributed by atoms with Crippen LogP contribution in [0.1, 0.15) is 127 Å². The predicted octanol–water partition coefficient (Wildman–Crippen LogP) is 6.73. The lowest BCUT2D eigenvalue weighted by Crippen LogP contribution is -2.59. The molecule has 1 fully saturated rings. The first kappa shape index (κ1) is 43.9. The fourth-order valence-electron chi connectivity index (χ4n) is 12.7. The van der Waals surface area contributed by atoms with E-state index < -0.39 is 65.4 Å². The average Bonchev–Trinajstić information content (AvgIpc) is 3.66. The minimum absolute atomic E-state index is 0.00982. The summed E-state index contributed by atoms with van der Waals surface area (Å²) in [6, 6.07) is 10.4. The highest BCUT2D eigenvalue weighted by molar-refractivity contribution is 5.93. The van der Waals surface area contributed by atoms with Crippen molar-refractivity contribution >= 4 is 28.6 Å². The molecule has 0 saturated heterocycles. The summed E-state index contributed by atoms with van der Waals surface area (Å²) >= 11 is 0. The van der Waals surface area contributed by atoms with Crippen molar-refractivity contribution < 1.29 is 44.2 Å². The molecular weight excluding hydrogens is 841 g/mol. The normalized spacial score (nSPS) is 26.3. The molecule has 1 saturated carbocycles. The summed E-state index contributed by atoms with van der Waals surface area (Å²) in [6.45, 7) is 5.36. The van der Waals surface area contributed by atoms with Crippen LogP contribution >= 0.6 is 0 Å². The second kappa shape index (κ2) is 16.7. The van der Waals surface area contributed by atoms with Crippen molar-refractivity contribution in [1.82, 2.24) is 9.97 Å². The van der Waals surface area contributed by atoms with Crippen LogP contribution in [0.5, 0.6) is 17.2 Å². The summed E-state index contributed by atoms with van der Waals surface area (Å²) in [5.74, 6) is -2.51. The molecule has 3 aliphatic carbocycles. The van der Waals surface area contributed by atoms with Gasteiger partial charge in [-0.05, 0) is 130 Å². The summed E-state index contributed by atoms with van der Waals surface area (Å²) in [5, 5.41) is 60.9. The number of anilines is 2. The van der Waals surface area contributed by atoms with Crippen LogP contribution in [0.2, 0.25) is 0 Å². The van der Waals surface area contributed by atoms with E-state index in [0.29, 0.717) is 74.0 Å². The maximum absolute atomic E-state index is 14.8. The Morgan fingerprint density at radius 2 is 1.79 bits per heavy atom. The third-order valence-electron chi connectivity index (χ3n) is 15.8. The fraction of sp³-hybridized carbons (Fsp3) is 0.462. The van der Waals surface area contributed by atoms with E-state index in [1.807, 2.05) is 32.2 Å². The van der Waals surface area contributed by atoms with Gasteiger partial charge in [-0.3, -0.25) is 4.79 Å². The topological polar surface area (TPSA) is 231 Å². The van der Waals surface area contributed by atoms with Crippen LogP contribution in [-0.4, -0.2) is 71.9 Å². The number of pyridine rings is 2. The molecule has 0 amide bonds. The molecule has 7 atom stereocenters. The SMILES string of the molecule is CC=C(C(=O)OC1Cc2c3c(c4oc(CO)cc(=O)c4c2O)C2c4ccnc(N)c4C(CCc4ccc(O)cc4C2CO)C2CCc4cc(NCC)ncc4CC2C1(C)O3)C1(O)CCCC1. The molecule has 5 aromatic rings. The van der Waals surface area contributed by atoms with Crippen molar-refractivity contribution in [3.05, 3.63) is 121 Å². The highest BCUT2D eigenvalue weighted by atomic mass is 16.6. The van der Waals surface area contributed by atoms with Crippen LogP contribution in [0.3, 0.4) is 0 Å². The summed E-state index contributed by atoms with van der Waals surface area (Å²) < 4.78 is 20.9. The number of hydrogen-bond donors (Lipinski definition) is 7. The van der Waals surface area contributed by atoms with E-state index in [2.05, 4.69) is 11.4 Å². The van der Waals surface area contributed by atoms with Gasteiger partial charge in [-0.2, -0.15) is 0 Å². The molecule has 7 unspecified atom stereocenters. The smallest absolute Gasteiger partial charge is 0.337 e. The Morgan fingerprint density at radius 3 is 2.53 bits per heavy atom. The minimum Gasteiger partial charge on any atom is -0.508 e. The maximum Gasteiger partial charge on any atom is 0.337 e. The molecular formula is C52H58N4O10. The Bertz CT molecular complexity index is 2850. The van der Waals surface area contributed by atoms with Crippen molar-refractivity contribution in [3.63, 3.8) is 0 Å². The number of carbonyl (C=O) groups excluding carboxylic acids is 1.